The van der Waals surface area contributed by atoms with Gasteiger partial charge in [0.15, 0.2) is 0 Å². The fourth-order valence-electron chi connectivity index (χ4n) is 0.841. The van der Waals surface area contributed by atoms with E-state index in [4.69, 9.17) is 11.1 Å². The summed E-state index contributed by atoms with van der Waals surface area (Å²) in [5.74, 6) is 0. The van der Waals surface area contributed by atoms with Crippen LogP contribution in [0.15, 0.2) is 0 Å². The van der Waals surface area contributed by atoms with E-state index in [9.17, 15) is 0 Å². The minimum Gasteiger partial charge on any atom is -0.373 e. The molecule has 3 nitrogen and oxygen atoms in total. The third kappa shape index (κ3) is 22.5. The second-order valence-corrected chi connectivity index (χ2v) is 4.39. The van der Waals surface area contributed by atoms with Crippen molar-refractivity contribution in [3.8, 4) is 0 Å². The molecule has 12 heavy (non-hydrogen) atoms. The summed E-state index contributed by atoms with van der Waals surface area (Å²) in [5.41, 5.74) is 13.5. The Kier molecular flexibility index (Phi) is 20.5. The second-order valence-electron chi connectivity index (χ2n) is 2.66. The van der Waals surface area contributed by atoms with Crippen molar-refractivity contribution in [3.05, 3.63) is 16.0 Å². The Morgan fingerprint density at radius 2 is 1.33 bits per heavy atom. The van der Waals surface area contributed by atoms with E-state index in [0.29, 0.717) is 0 Å². The topological polar surface area (TPSA) is 58.7 Å². The van der Waals surface area contributed by atoms with Crippen molar-refractivity contribution in [3.63, 3.8) is 0 Å². The quantitative estimate of drug-likeness (QED) is 0.196. The number of nitrogens with zero attached hydrogens (tertiary/aromatic N) is 3. The third-order valence-electron chi connectivity index (χ3n) is 1.52. The molecule has 0 aromatic carbocycles. The average molecular weight is 183 g/mol. The Labute approximate surface area is 81.7 Å². The standard InChI is InChI=1S/2C4H9.Al.N3/c2*1-3-4-2;;1-3-2/h2*1,3-4H2,2H3;;/q;;+1;-1. The summed E-state index contributed by atoms with van der Waals surface area (Å²) in [6.45, 7) is 4.55. The first-order chi connectivity index (χ1) is 5.83. The molecule has 0 saturated heterocycles. The van der Waals surface area contributed by atoms with E-state index in [1.165, 1.54) is 41.2 Å². The molecular weight excluding hydrogens is 165 g/mol. The van der Waals surface area contributed by atoms with Gasteiger partial charge in [0.1, 0.15) is 0 Å². The number of unbranched alkanes of at least 4 members (excludes halogenated alkanes) is 2. The molecule has 0 radical (unpaired) electrons. The van der Waals surface area contributed by atoms with Crippen molar-refractivity contribution in [2.75, 3.05) is 0 Å². The molecule has 0 amide bonds. The Balaban J connectivity index is 0. The van der Waals surface area contributed by atoms with Crippen molar-refractivity contribution < 1.29 is 0 Å². The zero-order chi connectivity index (χ0) is 9.66. The molecule has 0 atom stereocenters. The van der Waals surface area contributed by atoms with Crippen LogP contribution in [-0.2, 0) is 0 Å². The molecule has 0 saturated carbocycles. The zero-order valence-corrected chi connectivity index (χ0v) is 9.32. The SMILES string of the molecule is CCC[CH2][Al+][CH2]CCC.[N-]=[N+]=[N-]. The van der Waals surface area contributed by atoms with Gasteiger partial charge in [-0.05, 0) is 0 Å². The van der Waals surface area contributed by atoms with E-state index >= 15 is 0 Å². The van der Waals surface area contributed by atoms with E-state index in [1.54, 1.807) is 0 Å². The molecule has 0 aliphatic carbocycles. The predicted molar refractivity (Wildman–Crippen MR) is 55.3 cm³/mol. The summed E-state index contributed by atoms with van der Waals surface area (Å²) in [7, 11) is 0. The first kappa shape index (κ1) is 14.4. The van der Waals surface area contributed by atoms with E-state index < -0.39 is 0 Å². The number of hydrogen-bond donors (Lipinski definition) is 0. The van der Waals surface area contributed by atoms with Gasteiger partial charge in [-0.3, -0.25) is 4.91 Å². The fraction of sp³-hybridized carbons (Fsp3) is 1.00. The predicted octanol–water partition coefficient (Wildman–Crippen LogP) is 3.99. The largest absolute Gasteiger partial charge is 0.373 e. The average Bonchev–Trinajstić information content (AvgIpc) is 2.06. The van der Waals surface area contributed by atoms with Gasteiger partial charge in [0, 0.05) is 0 Å². The van der Waals surface area contributed by atoms with Gasteiger partial charge in [0.25, 0.3) is 0 Å². The Bertz CT molecular complexity index is 94.5. The molecule has 0 aliphatic heterocycles. The maximum Gasteiger partial charge on any atom is -0.255 e. The van der Waals surface area contributed by atoms with Crippen LogP contribution < -0.4 is 0 Å². The molecule has 0 spiro atoms. The molecule has 0 unspecified atom stereocenters. The van der Waals surface area contributed by atoms with Gasteiger partial charge in [0.05, 0.1) is 0 Å². The van der Waals surface area contributed by atoms with Crippen LogP contribution in [-0.4, -0.2) is 15.2 Å². The smallest absolute Gasteiger partial charge is 0.255 e. The van der Waals surface area contributed by atoms with Gasteiger partial charge in [-0.2, -0.15) is 0 Å². The first-order valence-electron chi connectivity index (χ1n) is 4.63. The summed E-state index contributed by atoms with van der Waals surface area (Å²) in [6, 6.07) is 0. The molecule has 68 valence electrons. The number of rotatable bonds is 6. The van der Waals surface area contributed by atoms with Crippen molar-refractivity contribution in [1.29, 1.82) is 0 Å². The van der Waals surface area contributed by atoms with Crippen LogP contribution in [0, 0.1) is 0 Å². The minimum absolute atomic E-state index is 0.818. The summed E-state index contributed by atoms with van der Waals surface area (Å²) in [5, 5.41) is 3.08. The minimum atomic E-state index is 0.818. The van der Waals surface area contributed by atoms with Crippen LogP contribution >= 0.6 is 0 Å². The molecular formula is C8H18AlN3. The maximum atomic E-state index is 6.75. The molecule has 0 aromatic rings. The molecule has 0 N–H and O–H groups in total. The molecule has 0 bridgehead atoms. The van der Waals surface area contributed by atoms with Crippen LogP contribution in [0.1, 0.15) is 39.5 Å². The van der Waals surface area contributed by atoms with Gasteiger partial charge in [0.2, 0.25) is 0 Å². The molecule has 4 heteroatoms. The van der Waals surface area contributed by atoms with Crippen molar-refractivity contribution in [2.24, 2.45) is 0 Å². The first-order valence-corrected chi connectivity index (χ1v) is 6.26. The van der Waals surface area contributed by atoms with E-state index in [-0.39, 0.29) is 0 Å². The van der Waals surface area contributed by atoms with Crippen LogP contribution in [0.5, 0.6) is 0 Å². The van der Waals surface area contributed by atoms with Crippen LogP contribution in [0.4, 0.5) is 0 Å². The number of hydrogen-bond acceptors (Lipinski definition) is 0. The van der Waals surface area contributed by atoms with E-state index in [1.807, 2.05) is 0 Å². The zero-order valence-electron chi connectivity index (χ0n) is 8.16. The molecule has 0 aliphatic rings. The molecule has 0 heterocycles. The summed E-state index contributed by atoms with van der Waals surface area (Å²) < 4.78 is 0. The molecule has 0 rings (SSSR count). The van der Waals surface area contributed by atoms with Gasteiger partial charge in [-0.15, -0.1) is 0 Å². The normalized spacial score (nSPS) is 7.50. The Morgan fingerprint density at radius 1 is 1.00 bits per heavy atom. The van der Waals surface area contributed by atoms with E-state index in [0.717, 1.165) is 15.2 Å². The molecule has 0 aromatic heterocycles. The summed E-state index contributed by atoms with van der Waals surface area (Å²) in [6.07, 6.45) is 5.72. The Morgan fingerprint density at radius 3 is 1.58 bits per heavy atom. The van der Waals surface area contributed by atoms with Crippen molar-refractivity contribution in [1.82, 2.24) is 0 Å². The van der Waals surface area contributed by atoms with Crippen LogP contribution in [0.3, 0.4) is 0 Å². The van der Waals surface area contributed by atoms with E-state index in [2.05, 4.69) is 13.8 Å². The van der Waals surface area contributed by atoms with Crippen molar-refractivity contribution in [2.45, 2.75) is 50.1 Å². The van der Waals surface area contributed by atoms with Gasteiger partial charge >= 0.3 is 65.3 Å². The van der Waals surface area contributed by atoms with Crippen LogP contribution in [0.25, 0.3) is 16.0 Å². The Hall–Kier alpha value is -0.158. The van der Waals surface area contributed by atoms with Gasteiger partial charge < -0.3 is 11.1 Å². The summed E-state index contributed by atoms with van der Waals surface area (Å²) >= 11 is 0.818. The maximum absolute atomic E-state index is 6.75. The summed E-state index contributed by atoms with van der Waals surface area (Å²) in [4.78, 5) is 1.50. The fourth-order valence-corrected chi connectivity index (χ4v) is 2.52. The monoisotopic (exact) mass is 183 g/mol. The third-order valence-corrected chi connectivity index (χ3v) is 3.16. The van der Waals surface area contributed by atoms with Crippen LogP contribution in [0.2, 0.25) is 10.6 Å². The van der Waals surface area contributed by atoms with Gasteiger partial charge in [-0.25, -0.2) is 0 Å². The molecule has 0 fully saturated rings. The van der Waals surface area contributed by atoms with Crippen molar-refractivity contribution >= 4 is 15.2 Å². The second kappa shape index (κ2) is 17.1. The van der Waals surface area contributed by atoms with Gasteiger partial charge in [-0.1, -0.05) is 0 Å².